The highest BCUT2D eigenvalue weighted by atomic mass is 35.5. The summed E-state index contributed by atoms with van der Waals surface area (Å²) in [5.41, 5.74) is 6.68. The van der Waals surface area contributed by atoms with Crippen LogP contribution < -0.4 is 5.73 Å². The fourth-order valence-electron chi connectivity index (χ4n) is 1.72. The van der Waals surface area contributed by atoms with Gasteiger partial charge in [0.1, 0.15) is 0 Å². The molecule has 0 saturated carbocycles. The van der Waals surface area contributed by atoms with Gasteiger partial charge in [0.15, 0.2) is 0 Å². The quantitative estimate of drug-likeness (QED) is 0.870. The van der Waals surface area contributed by atoms with Gasteiger partial charge in [-0.1, -0.05) is 25.4 Å². The summed E-state index contributed by atoms with van der Waals surface area (Å²) in [5.74, 6) is 0.227. The van der Waals surface area contributed by atoms with E-state index in [-0.39, 0.29) is 22.5 Å². The van der Waals surface area contributed by atoms with Crippen molar-refractivity contribution >= 4 is 27.3 Å². The number of nitrogens with two attached hydrogens (primary N) is 1. The first-order valence-electron chi connectivity index (χ1n) is 6.12. The number of hydrogen-bond acceptors (Lipinski definition) is 3. The first-order valence-corrected chi connectivity index (χ1v) is 7.94. The standard InChI is InChI=1S/C13H21ClN2O2S/c1-8(2)10(4)16(5)19(17,18)11-6-9(3)13(14)12(15)7-11/h6-8,10H,15H2,1-5H3. The van der Waals surface area contributed by atoms with Crippen molar-refractivity contribution < 1.29 is 8.42 Å². The highest BCUT2D eigenvalue weighted by molar-refractivity contribution is 7.89. The Kier molecular flexibility index (Phi) is 4.87. The zero-order chi connectivity index (χ0) is 15.0. The molecule has 6 heteroatoms. The van der Waals surface area contributed by atoms with Crippen molar-refractivity contribution in [2.75, 3.05) is 12.8 Å². The summed E-state index contributed by atoms with van der Waals surface area (Å²) in [6.07, 6.45) is 0. The Morgan fingerprint density at radius 3 is 2.21 bits per heavy atom. The van der Waals surface area contributed by atoms with Crippen LogP contribution in [0.1, 0.15) is 26.3 Å². The molecule has 1 unspecified atom stereocenters. The number of aryl methyl sites for hydroxylation is 1. The first-order chi connectivity index (χ1) is 8.59. The highest BCUT2D eigenvalue weighted by Crippen LogP contribution is 2.29. The number of anilines is 1. The van der Waals surface area contributed by atoms with Gasteiger partial charge in [-0.3, -0.25) is 0 Å². The molecule has 0 spiro atoms. The van der Waals surface area contributed by atoms with E-state index in [1.54, 1.807) is 20.0 Å². The number of sulfonamides is 1. The Morgan fingerprint density at radius 1 is 1.26 bits per heavy atom. The molecule has 4 nitrogen and oxygen atoms in total. The predicted octanol–water partition coefficient (Wildman–Crippen LogP) is 2.90. The second-order valence-corrected chi connectivity index (χ2v) is 7.52. The molecule has 0 aromatic heterocycles. The molecule has 108 valence electrons. The average Bonchev–Trinajstić information content (AvgIpc) is 2.33. The number of benzene rings is 1. The number of nitrogens with zero attached hydrogens (tertiary/aromatic N) is 1. The van der Waals surface area contributed by atoms with Crippen LogP contribution in [0.5, 0.6) is 0 Å². The van der Waals surface area contributed by atoms with Gasteiger partial charge in [0, 0.05) is 13.1 Å². The largest absolute Gasteiger partial charge is 0.397 e. The van der Waals surface area contributed by atoms with Gasteiger partial charge >= 0.3 is 0 Å². The lowest BCUT2D eigenvalue weighted by atomic mass is 10.1. The normalized spacial score (nSPS) is 14.1. The van der Waals surface area contributed by atoms with Crippen LogP contribution in [0.25, 0.3) is 0 Å². The fraction of sp³-hybridized carbons (Fsp3) is 0.538. The molecule has 1 atom stereocenters. The SMILES string of the molecule is Cc1cc(S(=O)(=O)N(C)C(C)C(C)C)cc(N)c1Cl. The first kappa shape index (κ1) is 16.3. The minimum atomic E-state index is -3.55. The Morgan fingerprint density at radius 2 is 1.79 bits per heavy atom. The van der Waals surface area contributed by atoms with Crippen LogP contribution >= 0.6 is 11.6 Å². The van der Waals surface area contributed by atoms with E-state index in [9.17, 15) is 8.42 Å². The van der Waals surface area contributed by atoms with Gasteiger partial charge in [-0.15, -0.1) is 0 Å². The van der Waals surface area contributed by atoms with E-state index in [4.69, 9.17) is 17.3 Å². The zero-order valence-electron chi connectivity index (χ0n) is 11.9. The number of nitrogen functional groups attached to an aromatic ring is 1. The smallest absolute Gasteiger partial charge is 0.243 e. The lowest BCUT2D eigenvalue weighted by molar-refractivity contribution is 0.316. The summed E-state index contributed by atoms with van der Waals surface area (Å²) in [6.45, 7) is 7.59. The zero-order valence-corrected chi connectivity index (χ0v) is 13.5. The average molecular weight is 305 g/mol. The van der Waals surface area contributed by atoms with Gasteiger partial charge in [0.05, 0.1) is 15.6 Å². The molecule has 0 aliphatic heterocycles. The van der Waals surface area contributed by atoms with Crippen LogP contribution in [0.3, 0.4) is 0 Å². The molecule has 1 rings (SSSR count). The van der Waals surface area contributed by atoms with Gasteiger partial charge in [-0.2, -0.15) is 4.31 Å². The highest BCUT2D eigenvalue weighted by Gasteiger charge is 2.27. The maximum Gasteiger partial charge on any atom is 0.243 e. The second-order valence-electron chi connectivity index (χ2n) is 5.15. The molecule has 0 amide bonds. The van der Waals surface area contributed by atoms with Crippen molar-refractivity contribution in [3.8, 4) is 0 Å². The van der Waals surface area contributed by atoms with Crippen LogP contribution in [0.4, 0.5) is 5.69 Å². The molecule has 0 aliphatic carbocycles. The van der Waals surface area contributed by atoms with Crippen molar-refractivity contribution in [2.45, 2.75) is 38.6 Å². The summed E-state index contributed by atoms with van der Waals surface area (Å²) < 4.78 is 26.4. The Hall–Kier alpha value is -0.780. The van der Waals surface area contributed by atoms with Crippen LogP contribution in [0.2, 0.25) is 5.02 Å². The molecule has 0 radical (unpaired) electrons. The number of hydrogen-bond donors (Lipinski definition) is 1. The van der Waals surface area contributed by atoms with Gasteiger partial charge in [0.2, 0.25) is 10.0 Å². The molecule has 19 heavy (non-hydrogen) atoms. The summed E-state index contributed by atoms with van der Waals surface area (Å²) >= 11 is 5.96. The van der Waals surface area contributed by atoms with Gasteiger partial charge in [-0.25, -0.2) is 8.42 Å². The van der Waals surface area contributed by atoms with E-state index in [1.165, 1.54) is 10.4 Å². The van der Waals surface area contributed by atoms with Gasteiger partial charge in [-0.05, 0) is 37.5 Å². The Balaban J connectivity index is 3.28. The van der Waals surface area contributed by atoms with Crippen molar-refractivity contribution in [1.29, 1.82) is 0 Å². The fourth-order valence-corrected chi connectivity index (χ4v) is 3.44. The molecule has 2 N–H and O–H groups in total. The summed E-state index contributed by atoms with van der Waals surface area (Å²) in [7, 11) is -1.97. The Labute approximate surface area is 120 Å². The lowest BCUT2D eigenvalue weighted by Crippen LogP contribution is -2.38. The summed E-state index contributed by atoms with van der Waals surface area (Å²) in [6, 6.07) is 2.87. The lowest BCUT2D eigenvalue weighted by Gasteiger charge is -2.27. The molecule has 1 aromatic carbocycles. The van der Waals surface area contributed by atoms with E-state index in [0.717, 1.165) is 0 Å². The molecule has 0 saturated heterocycles. The van der Waals surface area contributed by atoms with Crippen LogP contribution in [0, 0.1) is 12.8 Å². The van der Waals surface area contributed by atoms with E-state index in [0.29, 0.717) is 10.6 Å². The molecular formula is C13H21ClN2O2S. The van der Waals surface area contributed by atoms with E-state index in [1.807, 2.05) is 20.8 Å². The molecule has 0 heterocycles. The third-order valence-electron chi connectivity index (χ3n) is 3.47. The predicted molar refractivity (Wildman–Crippen MR) is 79.9 cm³/mol. The van der Waals surface area contributed by atoms with E-state index < -0.39 is 10.0 Å². The van der Waals surface area contributed by atoms with Crippen molar-refractivity contribution in [1.82, 2.24) is 4.31 Å². The third kappa shape index (κ3) is 3.22. The third-order valence-corrected chi connectivity index (χ3v) is 5.91. The number of halogens is 1. The molecule has 0 bridgehead atoms. The van der Waals surface area contributed by atoms with Crippen molar-refractivity contribution in [3.63, 3.8) is 0 Å². The Bertz CT molecular complexity index is 547. The molecule has 1 aromatic rings. The summed E-state index contributed by atoms with van der Waals surface area (Å²) in [5, 5.41) is 0.401. The maximum absolute atomic E-state index is 12.5. The van der Waals surface area contributed by atoms with Gasteiger partial charge in [0.25, 0.3) is 0 Å². The monoisotopic (exact) mass is 304 g/mol. The van der Waals surface area contributed by atoms with Crippen LogP contribution in [-0.4, -0.2) is 25.8 Å². The maximum atomic E-state index is 12.5. The summed E-state index contributed by atoms with van der Waals surface area (Å²) in [4.78, 5) is 0.182. The minimum absolute atomic E-state index is 0.0952. The van der Waals surface area contributed by atoms with Crippen molar-refractivity contribution in [3.05, 3.63) is 22.7 Å². The second kappa shape index (κ2) is 5.69. The van der Waals surface area contributed by atoms with Gasteiger partial charge < -0.3 is 5.73 Å². The van der Waals surface area contributed by atoms with Crippen LogP contribution in [-0.2, 0) is 10.0 Å². The van der Waals surface area contributed by atoms with Crippen LogP contribution in [0.15, 0.2) is 17.0 Å². The molecule has 0 fully saturated rings. The minimum Gasteiger partial charge on any atom is -0.397 e. The van der Waals surface area contributed by atoms with Crippen molar-refractivity contribution in [2.24, 2.45) is 5.92 Å². The number of rotatable bonds is 4. The molecular weight excluding hydrogens is 284 g/mol. The van der Waals surface area contributed by atoms with E-state index >= 15 is 0 Å². The topological polar surface area (TPSA) is 63.4 Å². The molecule has 0 aliphatic rings. The van der Waals surface area contributed by atoms with E-state index in [2.05, 4.69) is 0 Å².